The molecule has 3 rings (SSSR count). The summed E-state index contributed by atoms with van der Waals surface area (Å²) < 4.78 is 11.5. The van der Waals surface area contributed by atoms with Gasteiger partial charge in [0, 0.05) is 19.8 Å². The summed E-state index contributed by atoms with van der Waals surface area (Å²) in [7, 11) is 0. The zero-order chi connectivity index (χ0) is 14.1. The van der Waals surface area contributed by atoms with E-state index >= 15 is 0 Å². The molecule has 2 heterocycles. The molecule has 1 aliphatic carbocycles. The van der Waals surface area contributed by atoms with Crippen LogP contribution >= 0.6 is 0 Å². The van der Waals surface area contributed by atoms with Gasteiger partial charge in [-0.3, -0.25) is 4.79 Å². The molecule has 114 valence electrons. The molecule has 3 fully saturated rings. The molecular weight excluding hydrogens is 256 g/mol. The number of carboxylic acid groups (broad SMARTS) is 1. The lowest BCUT2D eigenvalue weighted by Gasteiger charge is -2.49. The maximum atomic E-state index is 12.0. The molecule has 4 nitrogen and oxygen atoms in total. The molecule has 0 aromatic heterocycles. The lowest BCUT2D eigenvalue weighted by atomic mass is 9.62. The fraction of sp³-hybridized carbons (Fsp3) is 0.938. The van der Waals surface area contributed by atoms with Gasteiger partial charge >= 0.3 is 5.97 Å². The first-order chi connectivity index (χ1) is 9.67. The molecule has 20 heavy (non-hydrogen) atoms. The Hall–Kier alpha value is -0.610. The lowest BCUT2D eigenvalue weighted by Crippen LogP contribution is -2.51. The van der Waals surface area contributed by atoms with E-state index < -0.39 is 11.4 Å². The minimum atomic E-state index is -0.612. The molecule has 1 saturated carbocycles. The van der Waals surface area contributed by atoms with Crippen LogP contribution in [0.5, 0.6) is 0 Å². The van der Waals surface area contributed by atoms with Crippen molar-refractivity contribution in [2.45, 2.75) is 63.4 Å². The third-order valence-corrected chi connectivity index (χ3v) is 5.85. The highest BCUT2D eigenvalue weighted by Crippen LogP contribution is 2.50. The molecule has 1 unspecified atom stereocenters. The quantitative estimate of drug-likeness (QED) is 0.846. The lowest BCUT2D eigenvalue weighted by molar-refractivity contribution is -0.177. The smallest absolute Gasteiger partial charge is 0.310 e. The maximum absolute atomic E-state index is 12.0. The van der Waals surface area contributed by atoms with E-state index in [1.807, 2.05) is 0 Å². The van der Waals surface area contributed by atoms with Crippen LogP contribution in [0.15, 0.2) is 0 Å². The number of carbonyl (C=O) groups is 1. The van der Waals surface area contributed by atoms with E-state index in [-0.39, 0.29) is 11.5 Å². The fourth-order valence-electron chi connectivity index (χ4n) is 4.58. The van der Waals surface area contributed by atoms with E-state index in [1.165, 1.54) is 19.3 Å². The SMILES string of the molecule is O=C(O)C1(C2CCOC3(CCCCC3)C2)CCOCC1. The Kier molecular flexibility index (Phi) is 4.04. The van der Waals surface area contributed by atoms with Gasteiger partial charge in [0.1, 0.15) is 0 Å². The van der Waals surface area contributed by atoms with Crippen LogP contribution in [-0.2, 0) is 14.3 Å². The predicted molar refractivity (Wildman–Crippen MR) is 74.6 cm³/mol. The molecule has 1 N–H and O–H groups in total. The van der Waals surface area contributed by atoms with Crippen molar-refractivity contribution in [3.05, 3.63) is 0 Å². The van der Waals surface area contributed by atoms with Crippen LogP contribution < -0.4 is 0 Å². The van der Waals surface area contributed by atoms with Crippen molar-refractivity contribution in [2.75, 3.05) is 19.8 Å². The highest BCUT2D eigenvalue weighted by molar-refractivity contribution is 5.75. The van der Waals surface area contributed by atoms with Crippen molar-refractivity contribution >= 4 is 5.97 Å². The first-order valence-corrected chi connectivity index (χ1v) is 8.12. The number of rotatable bonds is 2. The Morgan fingerprint density at radius 1 is 1.00 bits per heavy atom. The Bertz CT molecular complexity index is 348. The van der Waals surface area contributed by atoms with Crippen LogP contribution in [0.1, 0.15) is 57.8 Å². The molecule has 0 aromatic rings. The number of hydrogen-bond donors (Lipinski definition) is 1. The summed E-state index contributed by atoms with van der Waals surface area (Å²) in [6.45, 7) is 1.92. The molecule has 2 saturated heterocycles. The van der Waals surface area contributed by atoms with Crippen molar-refractivity contribution < 1.29 is 19.4 Å². The van der Waals surface area contributed by atoms with Crippen LogP contribution in [0.4, 0.5) is 0 Å². The first kappa shape index (κ1) is 14.3. The first-order valence-electron chi connectivity index (χ1n) is 8.12. The van der Waals surface area contributed by atoms with Gasteiger partial charge in [-0.2, -0.15) is 0 Å². The van der Waals surface area contributed by atoms with Gasteiger partial charge < -0.3 is 14.6 Å². The van der Waals surface area contributed by atoms with Crippen molar-refractivity contribution in [2.24, 2.45) is 11.3 Å². The van der Waals surface area contributed by atoms with Gasteiger partial charge in [0.05, 0.1) is 11.0 Å². The molecule has 0 bridgehead atoms. The summed E-state index contributed by atoms with van der Waals surface area (Å²) in [4.78, 5) is 12.0. The number of carboxylic acids is 1. The molecule has 3 aliphatic rings. The van der Waals surface area contributed by atoms with Gasteiger partial charge in [-0.15, -0.1) is 0 Å². The highest BCUT2D eigenvalue weighted by Gasteiger charge is 2.51. The molecule has 4 heteroatoms. The van der Waals surface area contributed by atoms with Crippen LogP contribution in [0, 0.1) is 11.3 Å². The van der Waals surface area contributed by atoms with Crippen molar-refractivity contribution in [1.29, 1.82) is 0 Å². The molecule has 0 aromatic carbocycles. The normalized spacial score (nSPS) is 32.9. The van der Waals surface area contributed by atoms with Gasteiger partial charge in [0.15, 0.2) is 0 Å². The minimum Gasteiger partial charge on any atom is -0.481 e. The minimum absolute atomic E-state index is 0.0120. The molecular formula is C16H26O4. The third-order valence-electron chi connectivity index (χ3n) is 5.85. The van der Waals surface area contributed by atoms with E-state index in [9.17, 15) is 9.90 Å². The van der Waals surface area contributed by atoms with Crippen molar-refractivity contribution in [3.8, 4) is 0 Å². The van der Waals surface area contributed by atoms with Gasteiger partial charge in [0.25, 0.3) is 0 Å². The predicted octanol–water partition coefficient (Wildman–Crippen LogP) is 3.00. The van der Waals surface area contributed by atoms with Crippen molar-refractivity contribution in [1.82, 2.24) is 0 Å². The second-order valence-electron chi connectivity index (χ2n) is 6.86. The Labute approximate surface area is 120 Å². The molecule has 0 radical (unpaired) electrons. The monoisotopic (exact) mass is 282 g/mol. The van der Waals surface area contributed by atoms with E-state index in [0.29, 0.717) is 26.1 Å². The zero-order valence-corrected chi connectivity index (χ0v) is 12.2. The van der Waals surface area contributed by atoms with Gasteiger partial charge in [0.2, 0.25) is 0 Å². The summed E-state index contributed by atoms with van der Waals surface area (Å²) in [6.07, 6.45) is 9.18. The number of ether oxygens (including phenoxy) is 2. The van der Waals surface area contributed by atoms with E-state index in [4.69, 9.17) is 9.47 Å². The van der Waals surface area contributed by atoms with E-state index in [2.05, 4.69) is 0 Å². The average Bonchev–Trinajstić information content (AvgIpc) is 2.48. The summed E-state index contributed by atoms with van der Waals surface area (Å²) >= 11 is 0. The summed E-state index contributed by atoms with van der Waals surface area (Å²) in [5.41, 5.74) is -0.575. The highest BCUT2D eigenvalue weighted by atomic mass is 16.5. The summed E-state index contributed by atoms with van der Waals surface area (Å²) in [5.74, 6) is -0.352. The summed E-state index contributed by atoms with van der Waals surface area (Å²) in [5, 5.41) is 9.83. The van der Waals surface area contributed by atoms with Gasteiger partial charge in [-0.25, -0.2) is 0 Å². The third kappa shape index (κ3) is 2.48. The number of hydrogen-bond acceptors (Lipinski definition) is 3. The molecule has 2 aliphatic heterocycles. The Morgan fingerprint density at radius 2 is 1.70 bits per heavy atom. The average molecular weight is 282 g/mol. The van der Waals surface area contributed by atoms with Crippen LogP contribution in [0.3, 0.4) is 0 Å². The molecule has 1 atom stereocenters. The van der Waals surface area contributed by atoms with Gasteiger partial charge in [-0.1, -0.05) is 19.3 Å². The molecule has 0 amide bonds. The summed E-state index contributed by atoms with van der Waals surface area (Å²) in [6, 6.07) is 0. The topological polar surface area (TPSA) is 55.8 Å². The van der Waals surface area contributed by atoms with Gasteiger partial charge in [-0.05, 0) is 44.4 Å². The Morgan fingerprint density at radius 3 is 2.35 bits per heavy atom. The second kappa shape index (κ2) is 5.64. The second-order valence-corrected chi connectivity index (χ2v) is 6.86. The van der Waals surface area contributed by atoms with Crippen LogP contribution in [0.2, 0.25) is 0 Å². The molecule has 1 spiro atoms. The maximum Gasteiger partial charge on any atom is 0.310 e. The van der Waals surface area contributed by atoms with Crippen molar-refractivity contribution in [3.63, 3.8) is 0 Å². The van der Waals surface area contributed by atoms with Crippen LogP contribution in [-0.4, -0.2) is 36.5 Å². The van der Waals surface area contributed by atoms with Crippen LogP contribution in [0.25, 0.3) is 0 Å². The number of aliphatic carboxylic acids is 1. The standard InChI is InChI=1S/C16H26O4/c17-14(18)16(7-10-19-11-8-16)13-4-9-20-15(12-13)5-2-1-3-6-15/h13H,1-12H2,(H,17,18). The van der Waals surface area contributed by atoms with E-state index in [1.54, 1.807) is 0 Å². The zero-order valence-electron chi connectivity index (χ0n) is 12.2. The van der Waals surface area contributed by atoms with E-state index in [0.717, 1.165) is 32.3 Å². The fourth-order valence-corrected chi connectivity index (χ4v) is 4.58. The Balaban J connectivity index is 1.78. The largest absolute Gasteiger partial charge is 0.481 e.